The second kappa shape index (κ2) is 19.4. The zero-order valence-corrected chi connectivity index (χ0v) is 39.2. The van der Waals surface area contributed by atoms with Crippen molar-refractivity contribution in [3.8, 4) is 0 Å². The molecule has 0 aromatic carbocycles. The number of likely N-dealkylation sites (tertiary alicyclic amines) is 1. The lowest BCUT2D eigenvalue weighted by molar-refractivity contribution is -0.193. The van der Waals surface area contributed by atoms with E-state index in [0.717, 1.165) is 70.4 Å². The molecule has 344 valence electrons. The lowest BCUT2D eigenvalue weighted by atomic mass is 9.45. The van der Waals surface area contributed by atoms with Crippen LogP contribution in [0.1, 0.15) is 111 Å². The molecular formula is C48H86N6O6. The molecule has 18 atom stereocenters. The molecule has 0 spiro atoms. The van der Waals surface area contributed by atoms with Crippen LogP contribution < -0.4 is 10.6 Å². The van der Waals surface area contributed by atoms with Crippen LogP contribution in [-0.4, -0.2) is 159 Å². The monoisotopic (exact) mass is 843 g/mol. The van der Waals surface area contributed by atoms with Gasteiger partial charge in [-0.15, -0.1) is 0 Å². The first-order chi connectivity index (χ1) is 28.5. The van der Waals surface area contributed by atoms with Gasteiger partial charge in [0.15, 0.2) is 0 Å². The number of rotatable bonds is 15. The Kier molecular flexibility index (Phi) is 15.1. The molecule has 2 aliphatic heterocycles. The Morgan fingerprint density at radius 1 is 0.950 bits per heavy atom. The number of nitrogens with one attached hydrogen (secondary N) is 2. The van der Waals surface area contributed by atoms with Gasteiger partial charge in [0.05, 0.1) is 18.8 Å². The van der Waals surface area contributed by atoms with Gasteiger partial charge in [-0.1, -0.05) is 40.0 Å². The van der Waals surface area contributed by atoms with Crippen LogP contribution in [0.4, 0.5) is 0 Å². The molecule has 0 aromatic rings. The van der Waals surface area contributed by atoms with Crippen LogP contribution >= 0.6 is 0 Å². The number of hydrogen-bond donors (Lipinski definition) is 4. The van der Waals surface area contributed by atoms with Crippen molar-refractivity contribution in [3.05, 3.63) is 0 Å². The molecular weight excluding hydrogens is 757 g/mol. The Hall–Kier alpha value is -1.38. The molecule has 4 N–H and O–H groups in total. The fraction of sp³-hybridized carbons (Fsp3) is 0.958. The van der Waals surface area contributed by atoms with Gasteiger partial charge < -0.3 is 40.3 Å². The maximum absolute atomic E-state index is 14.5. The van der Waals surface area contributed by atoms with Crippen LogP contribution in [0, 0.1) is 64.6 Å². The lowest BCUT2D eigenvalue weighted by Crippen LogP contribution is -2.62. The smallest absolute Gasteiger partial charge is 0.240 e. The van der Waals surface area contributed by atoms with Crippen LogP contribution in [0.2, 0.25) is 0 Å². The van der Waals surface area contributed by atoms with Gasteiger partial charge in [0.2, 0.25) is 11.8 Å². The first-order valence-electron chi connectivity index (χ1n) is 24.4. The van der Waals surface area contributed by atoms with Crippen LogP contribution in [0.25, 0.3) is 0 Å². The quantitative estimate of drug-likeness (QED) is 0.188. The van der Waals surface area contributed by atoms with Gasteiger partial charge in [0.1, 0.15) is 12.1 Å². The van der Waals surface area contributed by atoms with E-state index in [1.165, 1.54) is 32.1 Å². The molecule has 0 aromatic heterocycles. The van der Waals surface area contributed by atoms with Crippen LogP contribution in [0.5, 0.6) is 0 Å². The summed E-state index contributed by atoms with van der Waals surface area (Å²) in [7, 11) is 12.7. The number of nitrogens with zero attached hydrogens (tertiary/aromatic N) is 4. The van der Waals surface area contributed by atoms with Crippen molar-refractivity contribution in [2.75, 3.05) is 68.6 Å². The molecule has 0 radical (unpaired) electrons. The molecule has 8 rings (SSSR count). The van der Waals surface area contributed by atoms with Crippen LogP contribution in [-0.2, 0) is 19.2 Å². The fourth-order valence-corrected chi connectivity index (χ4v) is 14.8. The number of ether oxygens (including phenoxy) is 1. The summed E-state index contributed by atoms with van der Waals surface area (Å²) in [4.78, 5) is 42.6. The zero-order valence-electron chi connectivity index (χ0n) is 39.2. The number of methoxy groups -OCH3 is 1. The van der Waals surface area contributed by atoms with E-state index in [4.69, 9.17) is 9.57 Å². The van der Waals surface area contributed by atoms with E-state index in [1.54, 1.807) is 6.92 Å². The third kappa shape index (κ3) is 9.52. The standard InChI is InChI=1S/C48H86N6O6/c1-28-39-22-34(48(39,3)4)23-40(28)50-47(58)44-43(29(2)56)42(27-55)60-54(44)25-30-14-13-16-38(45(30)59-10)31-18-32(21-36(20-31)52(7)8)46(57)49-35(26-51(5)6)19-33-24-53(9)41-17-12-11-15-37(33)41/h28-45,55-56H,11-27H2,1-10H3,(H,49,57)(H,50,58)/t28-,29?,30?,31?,32?,33?,34+,35+,36?,37?,38?,39-,40-,41?,42-,43-,44-,45?/m0/s1. The number of carbonyl (C=O) groups is 2. The minimum absolute atomic E-state index is 0.0572. The van der Waals surface area contributed by atoms with Crippen LogP contribution in [0.15, 0.2) is 0 Å². The molecule has 8 fully saturated rings. The Labute approximate surface area is 363 Å². The average Bonchev–Trinajstić information content (AvgIpc) is 3.74. The summed E-state index contributed by atoms with van der Waals surface area (Å²) >= 11 is 0. The highest BCUT2D eigenvalue weighted by atomic mass is 16.7. The maximum atomic E-state index is 14.5. The molecule has 2 heterocycles. The minimum Gasteiger partial charge on any atom is -0.394 e. The molecule has 6 saturated carbocycles. The highest BCUT2D eigenvalue weighted by molar-refractivity contribution is 5.83. The van der Waals surface area contributed by atoms with Crippen molar-refractivity contribution in [3.63, 3.8) is 0 Å². The Morgan fingerprint density at radius 3 is 2.33 bits per heavy atom. The maximum Gasteiger partial charge on any atom is 0.240 e. The van der Waals surface area contributed by atoms with Gasteiger partial charge in [-0.25, -0.2) is 0 Å². The number of likely N-dealkylation sites (N-methyl/N-ethyl adjacent to an activating group) is 1. The number of hydrogen-bond acceptors (Lipinski definition) is 10. The van der Waals surface area contributed by atoms with E-state index in [-0.39, 0.29) is 54.4 Å². The molecule has 12 heteroatoms. The lowest BCUT2D eigenvalue weighted by Gasteiger charge is -2.62. The number of amides is 2. The first kappa shape index (κ1) is 46.6. The number of carbonyl (C=O) groups excluding carboxylic acids is 2. The SMILES string of the molecule is COC1C(CN2O[C@@H](CO)[C@H](C(C)O)[C@H]2C(=O)N[C@H]2C[C@H]3C[C@@H]([C@@H]2C)C3(C)C)CCCC1C1CC(C(=O)N[C@H](CC2CN(C)C3CCCCC23)CN(C)C)CC(N(C)C)C1. The van der Waals surface area contributed by atoms with Gasteiger partial charge in [-0.05, 0) is 153 Å². The second-order valence-electron chi connectivity index (χ2n) is 22.5. The predicted octanol–water partition coefficient (Wildman–Crippen LogP) is 4.48. The number of aliphatic hydroxyl groups is 2. The van der Waals surface area contributed by atoms with Crippen molar-refractivity contribution in [1.82, 2.24) is 30.4 Å². The van der Waals surface area contributed by atoms with Crippen LogP contribution in [0.3, 0.4) is 0 Å². The molecule has 10 unspecified atom stereocenters. The molecule has 60 heavy (non-hydrogen) atoms. The summed E-state index contributed by atoms with van der Waals surface area (Å²) in [5.74, 6) is 3.17. The average molecular weight is 843 g/mol. The van der Waals surface area contributed by atoms with Crippen molar-refractivity contribution in [2.24, 2.45) is 64.6 Å². The normalized spacial score (nSPS) is 43.0. The van der Waals surface area contributed by atoms with Crippen molar-refractivity contribution in [1.29, 1.82) is 0 Å². The van der Waals surface area contributed by atoms with E-state index in [1.807, 2.05) is 12.2 Å². The number of fused-ring (bicyclic) bond motifs is 3. The number of hydroxylamine groups is 2. The molecule has 8 aliphatic rings. The Morgan fingerprint density at radius 2 is 1.68 bits per heavy atom. The van der Waals surface area contributed by atoms with Gasteiger partial charge in [0, 0.05) is 68.7 Å². The van der Waals surface area contributed by atoms with Gasteiger partial charge in [-0.2, -0.15) is 5.06 Å². The summed E-state index contributed by atoms with van der Waals surface area (Å²) in [6.07, 6.45) is 12.8. The fourth-order valence-electron chi connectivity index (χ4n) is 14.8. The molecule has 12 nitrogen and oxygen atoms in total. The van der Waals surface area contributed by atoms with Gasteiger partial charge in [-0.3, -0.25) is 14.4 Å². The summed E-state index contributed by atoms with van der Waals surface area (Å²) in [6.45, 7) is 11.0. The highest BCUT2D eigenvalue weighted by Crippen LogP contribution is 2.61. The molecule has 2 amide bonds. The predicted molar refractivity (Wildman–Crippen MR) is 236 cm³/mol. The van der Waals surface area contributed by atoms with E-state index in [2.05, 4.69) is 81.3 Å². The van der Waals surface area contributed by atoms with Crippen molar-refractivity contribution < 1.29 is 29.4 Å². The molecule has 6 aliphatic carbocycles. The van der Waals surface area contributed by atoms with Crippen molar-refractivity contribution >= 4 is 11.8 Å². The van der Waals surface area contributed by atoms with Gasteiger partial charge >= 0.3 is 0 Å². The Balaban J connectivity index is 1.04. The summed E-state index contributed by atoms with van der Waals surface area (Å²) in [6, 6.07) is 0.531. The topological polar surface area (TPSA) is 130 Å². The van der Waals surface area contributed by atoms with E-state index >= 15 is 0 Å². The third-order valence-corrected chi connectivity index (χ3v) is 18.2. The van der Waals surface area contributed by atoms with E-state index in [0.29, 0.717) is 53.6 Å². The highest BCUT2D eigenvalue weighted by Gasteiger charge is 2.58. The molecule has 2 saturated heterocycles. The third-order valence-electron chi connectivity index (χ3n) is 18.2. The first-order valence-corrected chi connectivity index (χ1v) is 24.4. The minimum atomic E-state index is -0.828. The van der Waals surface area contributed by atoms with Gasteiger partial charge in [0.25, 0.3) is 0 Å². The zero-order chi connectivity index (χ0) is 43.2. The summed E-state index contributed by atoms with van der Waals surface area (Å²) in [5.41, 5.74) is 0.314. The number of aliphatic hydroxyl groups excluding tert-OH is 2. The van der Waals surface area contributed by atoms with E-state index < -0.39 is 24.2 Å². The molecule has 2 bridgehead atoms. The summed E-state index contributed by atoms with van der Waals surface area (Å²) < 4.78 is 6.50. The summed E-state index contributed by atoms with van der Waals surface area (Å²) in [5, 5.41) is 30.5. The second-order valence-corrected chi connectivity index (χ2v) is 22.5. The van der Waals surface area contributed by atoms with E-state index in [9.17, 15) is 19.8 Å². The van der Waals surface area contributed by atoms with Crippen molar-refractivity contribution in [2.45, 2.75) is 160 Å². The largest absolute Gasteiger partial charge is 0.394 e. The Bertz CT molecular complexity index is 1450.